The van der Waals surface area contributed by atoms with Crippen LogP contribution in [-0.4, -0.2) is 23.5 Å². The second-order valence-corrected chi connectivity index (χ2v) is 7.64. The predicted octanol–water partition coefficient (Wildman–Crippen LogP) is 5.40. The Labute approximate surface area is 169 Å². The highest BCUT2D eigenvalue weighted by atomic mass is 32.1. The average molecular weight is 394 g/mol. The molecule has 2 N–H and O–H groups in total. The molecule has 0 aliphatic heterocycles. The zero-order valence-electron chi connectivity index (χ0n) is 16.4. The van der Waals surface area contributed by atoms with Gasteiger partial charge in [0, 0.05) is 17.9 Å². The van der Waals surface area contributed by atoms with Gasteiger partial charge in [0.05, 0.1) is 6.42 Å². The van der Waals surface area contributed by atoms with Crippen molar-refractivity contribution >= 4 is 24.5 Å². The van der Waals surface area contributed by atoms with Crippen LogP contribution in [0.15, 0.2) is 29.2 Å². The fourth-order valence-electron chi connectivity index (χ4n) is 3.11. The monoisotopic (exact) mass is 393 g/mol. The molecular weight excluding hydrogens is 358 g/mol. The summed E-state index contributed by atoms with van der Waals surface area (Å²) in [6, 6.07) is 8.35. The van der Waals surface area contributed by atoms with Crippen LogP contribution in [0.1, 0.15) is 82.6 Å². The molecule has 0 spiro atoms. The molecule has 5 heteroatoms. The quantitative estimate of drug-likeness (QED) is 0.260. The highest BCUT2D eigenvalue weighted by molar-refractivity contribution is 7.80. The summed E-state index contributed by atoms with van der Waals surface area (Å²) in [5, 5.41) is 11.3. The van der Waals surface area contributed by atoms with E-state index in [0.717, 1.165) is 24.2 Å². The molecule has 1 aromatic rings. The summed E-state index contributed by atoms with van der Waals surface area (Å²) in [6.07, 6.45) is 13.5. The molecule has 0 heterocycles. The van der Waals surface area contributed by atoms with Crippen molar-refractivity contribution in [3.8, 4) is 0 Å². The molecule has 27 heavy (non-hydrogen) atoms. The fraction of sp³-hybridized carbons (Fsp3) is 0.636. The van der Waals surface area contributed by atoms with E-state index in [4.69, 9.17) is 5.11 Å². The van der Waals surface area contributed by atoms with Crippen molar-refractivity contribution in [2.45, 2.75) is 88.4 Å². The minimum atomic E-state index is -0.923. The van der Waals surface area contributed by atoms with Gasteiger partial charge in [0.15, 0.2) is 0 Å². The van der Waals surface area contributed by atoms with Crippen LogP contribution in [0, 0.1) is 0 Å². The summed E-state index contributed by atoms with van der Waals surface area (Å²) < 4.78 is 0. The van der Waals surface area contributed by atoms with Gasteiger partial charge in [-0.1, -0.05) is 69.6 Å². The molecule has 152 valence electrons. The van der Waals surface area contributed by atoms with E-state index in [1.807, 2.05) is 6.07 Å². The number of nitrogens with one attached hydrogen (secondary N) is 1. The summed E-state index contributed by atoms with van der Waals surface area (Å²) in [5.41, 5.74) is 1.36. The van der Waals surface area contributed by atoms with Gasteiger partial charge in [-0.2, -0.15) is 0 Å². The lowest BCUT2D eigenvalue weighted by Crippen LogP contribution is -2.24. The number of benzene rings is 1. The zero-order chi connectivity index (χ0) is 19.7. The Balaban J connectivity index is 1.81. The highest BCUT2D eigenvalue weighted by Crippen LogP contribution is 2.17. The standard InChI is InChI=1S/C22H35NO3S/c24-21(16-17-22(25)26)23-18-12-8-6-4-2-1-3-5-7-9-13-19-14-10-11-15-20(19)27/h10-11,14-15,27H,1-9,12-13,16-18H2,(H,23,24)(H,25,26). The van der Waals surface area contributed by atoms with Gasteiger partial charge in [-0.15, -0.1) is 12.6 Å². The lowest BCUT2D eigenvalue weighted by molar-refractivity contribution is -0.138. The molecular formula is C22H35NO3S. The first-order valence-corrected chi connectivity index (χ1v) is 10.8. The van der Waals surface area contributed by atoms with Crippen molar-refractivity contribution in [2.75, 3.05) is 6.54 Å². The lowest BCUT2D eigenvalue weighted by atomic mass is 10.0. The third kappa shape index (κ3) is 13.3. The minimum absolute atomic E-state index is 0.0798. The maximum absolute atomic E-state index is 11.3. The Kier molecular flexibility index (Phi) is 13.6. The molecule has 0 atom stereocenters. The van der Waals surface area contributed by atoms with Crippen LogP contribution in [0.2, 0.25) is 0 Å². The van der Waals surface area contributed by atoms with E-state index < -0.39 is 5.97 Å². The molecule has 0 saturated carbocycles. The fourth-order valence-corrected chi connectivity index (χ4v) is 3.39. The van der Waals surface area contributed by atoms with Gasteiger partial charge in [0.2, 0.25) is 5.91 Å². The summed E-state index contributed by atoms with van der Waals surface area (Å²) in [7, 11) is 0. The van der Waals surface area contributed by atoms with Crippen LogP contribution >= 0.6 is 12.6 Å². The molecule has 4 nitrogen and oxygen atoms in total. The smallest absolute Gasteiger partial charge is 0.303 e. The molecule has 0 saturated heterocycles. The zero-order valence-corrected chi connectivity index (χ0v) is 17.3. The van der Waals surface area contributed by atoms with Gasteiger partial charge in [0.1, 0.15) is 0 Å². The molecule has 0 fully saturated rings. The molecule has 0 aliphatic rings. The van der Waals surface area contributed by atoms with Crippen LogP contribution in [0.4, 0.5) is 0 Å². The number of amides is 1. The number of hydrogen-bond donors (Lipinski definition) is 3. The van der Waals surface area contributed by atoms with Crippen molar-refractivity contribution in [3.63, 3.8) is 0 Å². The van der Waals surface area contributed by atoms with Crippen LogP contribution in [0.3, 0.4) is 0 Å². The maximum atomic E-state index is 11.3. The molecule has 0 aliphatic carbocycles. The average Bonchev–Trinajstić information content (AvgIpc) is 2.65. The van der Waals surface area contributed by atoms with Gasteiger partial charge in [0.25, 0.3) is 0 Å². The van der Waals surface area contributed by atoms with E-state index in [2.05, 4.69) is 36.1 Å². The van der Waals surface area contributed by atoms with Crippen molar-refractivity contribution < 1.29 is 14.7 Å². The Morgan fingerprint density at radius 3 is 1.96 bits per heavy atom. The maximum Gasteiger partial charge on any atom is 0.303 e. The number of carbonyl (C=O) groups excluding carboxylic acids is 1. The number of rotatable bonds is 16. The third-order valence-corrected chi connectivity index (χ3v) is 5.19. The molecule has 0 radical (unpaired) electrons. The Bertz CT molecular complexity index is 548. The first-order valence-electron chi connectivity index (χ1n) is 10.3. The van der Waals surface area contributed by atoms with E-state index in [-0.39, 0.29) is 18.7 Å². The Hall–Kier alpha value is -1.49. The van der Waals surface area contributed by atoms with Gasteiger partial charge >= 0.3 is 5.97 Å². The number of carboxylic acids is 1. The summed E-state index contributed by atoms with van der Waals surface area (Å²) in [6.45, 7) is 0.661. The first kappa shape index (κ1) is 23.5. The molecule has 1 rings (SSSR count). The number of thiol groups is 1. The molecule has 1 amide bonds. The SMILES string of the molecule is O=C(O)CCC(=O)NCCCCCCCCCCCCc1ccccc1S. The number of unbranched alkanes of at least 4 members (excludes halogenated alkanes) is 9. The van der Waals surface area contributed by atoms with Gasteiger partial charge < -0.3 is 10.4 Å². The normalized spacial score (nSPS) is 10.7. The van der Waals surface area contributed by atoms with Gasteiger partial charge in [-0.3, -0.25) is 9.59 Å². The van der Waals surface area contributed by atoms with Crippen LogP contribution in [0.25, 0.3) is 0 Å². The van der Waals surface area contributed by atoms with E-state index in [9.17, 15) is 9.59 Å². The van der Waals surface area contributed by atoms with Crippen LogP contribution in [-0.2, 0) is 16.0 Å². The number of carboxylic acid groups (broad SMARTS) is 1. The largest absolute Gasteiger partial charge is 0.481 e. The summed E-state index contributed by atoms with van der Waals surface area (Å²) in [4.78, 5) is 22.8. The number of carbonyl (C=O) groups is 2. The molecule has 1 aromatic carbocycles. The second-order valence-electron chi connectivity index (χ2n) is 7.16. The second kappa shape index (κ2) is 15.6. The highest BCUT2D eigenvalue weighted by Gasteiger charge is 2.04. The van der Waals surface area contributed by atoms with Crippen molar-refractivity contribution in [3.05, 3.63) is 29.8 Å². The summed E-state index contributed by atoms with van der Waals surface area (Å²) in [5.74, 6) is -1.08. The van der Waals surface area contributed by atoms with E-state index in [0.29, 0.717) is 6.54 Å². The van der Waals surface area contributed by atoms with Gasteiger partial charge in [-0.25, -0.2) is 0 Å². The van der Waals surface area contributed by atoms with E-state index >= 15 is 0 Å². The van der Waals surface area contributed by atoms with Crippen molar-refractivity contribution in [2.24, 2.45) is 0 Å². The van der Waals surface area contributed by atoms with Gasteiger partial charge in [-0.05, 0) is 30.9 Å². The third-order valence-electron chi connectivity index (χ3n) is 4.75. The predicted molar refractivity (Wildman–Crippen MR) is 113 cm³/mol. The van der Waals surface area contributed by atoms with Crippen molar-refractivity contribution in [1.29, 1.82) is 0 Å². The van der Waals surface area contributed by atoms with Crippen LogP contribution in [0.5, 0.6) is 0 Å². The Morgan fingerprint density at radius 1 is 0.815 bits per heavy atom. The Morgan fingerprint density at radius 2 is 1.37 bits per heavy atom. The van der Waals surface area contributed by atoms with Crippen molar-refractivity contribution in [1.82, 2.24) is 5.32 Å². The number of aryl methyl sites for hydroxylation is 1. The van der Waals surface area contributed by atoms with E-state index in [1.54, 1.807) is 0 Å². The molecule has 0 aromatic heterocycles. The number of aliphatic carboxylic acids is 1. The topological polar surface area (TPSA) is 66.4 Å². The first-order chi connectivity index (χ1) is 13.1. The lowest BCUT2D eigenvalue weighted by Gasteiger charge is -2.06. The molecule has 0 bridgehead atoms. The number of hydrogen-bond acceptors (Lipinski definition) is 3. The summed E-state index contributed by atoms with van der Waals surface area (Å²) >= 11 is 4.49. The minimum Gasteiger partial charge on any atom is -0.481 e. The van der Waals surface area contributed by atoms with Crippen LogP contribution < -0.4 is 5.32 Å². The van der Waals surface area contributed by atoms with E-state index in [1.165, 1.54) is 56.9 Å². The molecule has 0 unspecified atom stereocenters.